The second-order valence-electron chi connectivity index (χ2n) is 7.55. The average Bonchev–Trinajstić information content (AvgIpc) is 3.54. The van der Waals surface area contributed by atoms with Crippen molar-refractivity contribution >= 4 is 38.8 Å². The van der Waals surface area contributed by atoms with Gasteiger partial charge in [0.25, 0.3) is 0 Å². The molecule has 3 aromatic carbocycles. The van der Waals surface area contributed by atoms with Gasteiger partial charge in [-0.15, -0.1) is 0 Å². The van der Waals surface area contributed by atoms with Crippen molar-refractivity contribution in [2.45, 2.75) is 4.90 Å². The molecule has 0 unspecified atom stereocenters. The zero-order valence-electron chi connectivity index (χ0n) is 18.9. The fourth-order valence-electron chi connectivity index (χ4n) is 3.48. The van der Waals surface area contributed by atoms with Crippen molar-refractivity contribution in [2.24, 2.45) is 0 Å². The first-order chi connectivity index (χ1) is 17.4. The van der Waals surface area contributed by atoms with E-state index in [9.17, 15) is 13.2 Å². The molecule has 0 saturated heterocycles. The molecule has 5 rings (SSSR count). The number of benzene rings is 3. The van der Waals surface area contributed by atoms with Gasteiger partial charge in [-0.05, 0) is 48.5 Å². The van der Waals surface area contributed by atoms with Crippen LogP contribution in [0.1, 0.15) is 0 Å². The lowest BCUT2D eigenvalue weighted by Crippen LogP contribution is -2.20. The van der Waals surface area contributed by atoms with Crippen molar-refractivity contribution in [3.63, 3.8) is 0 Å². The summed E-state index contributed by atoms with van der Waals surface area (Å²) in [4.78, 5) is 23.6. The highest BCUT2D eigenvalue weighted by atomic mass is 32.2. The maximum Gasteiger partial charge on any atom is 0.339 e. The van der Waals surface area contributed by atoms with E-state index in [1.807, 2.05) is 0 Å². The number of imidazole rings is 2. The quantitative estimate of drug-likeness (QED) is 0.283. The number of amides is 2. The normalized spacial score (nSPS) is 11.2. The van der Waals surface area contributed by atoms with Gasteiger partial charge in [-0.3, -0.25) is 5.32 Å². The average molecular weight is 505 g/mol. The molecule has 0 aliphatic rings. The number of carbonyl (C=O) groups excluding carboxylic acids is 1. The van der Waals surface area contributed by atoms with E-state index in [-0.39, 0.29) is 16.6 Å². The van der Waals surface area contributed by atoms with E-state index >= 15 is 0 Å². The van der Waals surface area contributed by atoms with E-state index in [0.717, 1.165) is 5.69 Å². The summed E-state index contributed by atoms with van der Waals surface area (Å²) in [5.74, 6) is 0.766. The van der Waals surface area contributed by atoms with Crippen molar-refractivity contribution in [2.75, 3.05) is 17.7 Å². The number of H-pyrrole nitrogens is 1. The van der Waals surface area contributed by atoms with Crippen LogP contribution in [0.3, 0.4) is 0 Å². The predicted octanol–water partition coefficient (Wildman–Crippen LogP) is 4.17. The van der Waals surface area contributed by atoms with Crippen LogP contribution in [0.4, 0.5) is 16.4 Å². The number of rotatable bonds is 7. The molecule has 182 valence electrons. The summed E-state index contributed by atoms with van der Waals surface area (Å²) >= 11 is 0. The number of aromatic nitrogens is 4. The number of ether oxygens (including phenoxy) is 1. The van der Waals surface area contributed by atoms with E-state index in [4.69, 9.17) is 8.92 Å². The molecule has 0 radical (unpaired) electrons. The molecule has 0 spiro atoms. The topological polar surface area (TPSA) is 140 Å². The first kappa shape index (κ1) is 22.9. The van der Waals surface area contributed by atoms with Crippen molar-refractivity contribution in [3.05, 3.63) is 85.5 Å². The van der Waals surface area contributed by atoms with E-state index in [1.54, 1.807) is 65.8 Å². The molecule has 12 heteroatoms. The SMILES string of the molecule is COc1ccccc1NC(=O)Nc1nc2cc(OS(=O)(=O)c3ccc(-n4ccnc4)cc3)ccc2[nH]1. The molecule has 36 heavy (non-hydrogen) atoms. The lowest BCUT2D eigenvalue weighted by atomic mass is 10.3. The Hall–Kier alpha value is -4.84. The van der Waals surface area contributed by atoms with Crippen LogP contribution >= 0.6 is 0 Å². The van der Waals surface area contributed by atoms with Crippen molar-refractivity contribution < 1.29 is 22.1 Å². The minimum absolute atomic E-state index is 0.00357. The molecular weight excluding hydrogens is 484 g/mol. The van der Waals surface area contributed by atoms with Crippen LogP contribution in [0.5, 0.6) is 11.5 Å². The first-order valence-corrected chi connectivity index (χ1v) is 12.1. The maximum atomic E-state index is 12.8. The Morgan fingerprint density at radius 2 is 1.83 bits per heavy atom. The molecular formula is C24H20N6O5S. The lowest BCUT2D eigenvalue weighted by molar-refractivity contribution is 0.262. The number of nitrogens with zero attached hydrogens (tertiary/aromatic N) is 3. The third-order valence-corrected chi connectivity index (χ3v) is 6.44. The molecule has 5 aromatic rings. The number of para-hydroxylation sites is 2. The zero-order chi connectivity index (χ0) is 25.1. The number of hydrogen-bond donors (Lipinski definition) is 3. The smallest absolute Gasteiger partial charge is 0.339 e. The van der Waals surface area contributed by atoms with Gasteiger partial charge in [0.2, 0.25) is 5.95 Å². The summed E-state index contributed by atoms with van der Waals surface area (Å²) < 4.78 is 37.8. The Labute approximate surface area is 205 Å². The van der Waals surface area contributed by atoms with Crippen LogP contribution in [0, 0.1) is 0 Å². The molecule has 0 fully saturated rings. The van der Waals surface area contributed by atoms with E-state index in [2.05, 4.69) is 25.6 Å². The van der Waals surface area contributed by atoms with Crippen LogP contribution < -0.4 is 19.6 Å². The number of urea groups is 1. The molecule has 2 heterocycles. The molecule has 11 nitrogen and oxygen atoms in total. The molecule has 2 amide bonds. The highest BCUT2D eigenvalue weighted by Gasteiger charge is 2.18. The summed E-state index contributed by atoms with van der Waals surface area (Å²) in [6, 6.07) is 17.2. The van der Waals surface area contributed by atoms with Gasteiger partial charge in [-0.2, -0.15) is 8.42 Å². The Kier molecular flexibility index (Phi) is 6.00. The number of nitrogens with one attached hydrogen (secondary N) is 3. The summed E-state index contributed by atoms with van der Waals surface area (Å²) in [7, 11) is -2.57. The van der Waals surface area contributed by atoms with Crippen LogP contribution in [0.25, 0.3) is 16.7 Å². The van der Waals surface area contributed by atoms with Crippen LogP contribution in [0.15, 0.2) is 90.3 Å². The highest BCUT2D eigenvalue weighted by molar-refractivity contribution is 7.87. The van der Waals surface area contributed by atoms with Crippen molar-refractivity contribution in [1.82, 2.24) is 19.5 Å². The third-order valence-electron chi connectivity index (χ3n) is 5.18. The highest BCUT2D eigenvalue weighted by Crippen LogP contribution is 2.26. The minimum Gasteiger partial charge on any atom is -0.495 e. The predicted molar refractivity (Wildman–Crippen MR) is 133 cm³/mol. The standard InChI is InChI=1S/C24H20N6O5S/c1-34-22-5-3-2-4-20(22)28-24(31)29-23-26-19-11-8-17(14-21(19)27-23)35-36(32,33)18-9-6-16(7-10-18)30-13-12-25-15-30/h2-15H,1H3,(H3,26,27,28,29,31). The second kappa shape index (κ2) is 9.43. The molecule has 0 bridgehead atoms. The van der Waals surface area contributed by atoms with Crippen molar-refractivity contribution in [3.8, 4) is 17.2 Å². The van der Waals surface area contributed by atoms with Gasteiger partial charge in [0, 0.05) is 24.1 Å². The second-order valence-corrected chi connectivity index (χ2v) is 9.09. The Balaban J connectivity index is 1.29. The molecule has 3 N–H and O–H groups in total. The van der Waals surface area contributed by atoms with Gasteiger partial charge >= 0.3 is 16.1 Å². The summed E-state index contributed by atoms with van der Waals surface area (Å²) in [5.41, 5.74) is 2.24. The van der Waals surface area contributed by atoms with Gasteiger partial charge in [0.15, 0.2) is 0 Å². The van der Waals surface area contributed by atoms with Gasteiger partial charge in [0.05, 0.1) is 30.2 Å². The largest absolute Gasteiger partial charge is 0.495 e. The Morgan fingerprint density at radius 1 is 1.03 bits per heavy atom. The van der Waals surface area contributed by atoms with Crippen molar-refractivity contribution in [1.29, 1.82) is 0 Å². The molecule has 0 aliphatic carbocycles. The number of methoxy groups -OCH3 is 1. The fraction of sp³-hybridized carbons (Fsp3) is 0.0417. The molecule has 2 aromatic heterocycles. The monoisotopic (exact) mass is 504 g/mol. The lowest BCUT2D eigenvalue weighted by Gasteiger charge is -2.09. The van der Waals surface area contributed by atoms with Gasteiger partial charge in [-0.25, -0.2) is 14.8 Å². The van der Waals surface area contributed by atoms with Gasteiger partial charge < -0.3 is 23.8 Å². The van der Waals surface area contributed by atoms with E-state index in [0.29, 0.717) is 22.5 Å². The first-order valence-electron chi connectivity index (χ1n) is 10.6. The molecule has 0 aliphatic heterocycles. The number of anilines is 2. The third kappa shape index (κ3) is 4.83. The van der Waals surface area contributed by atoms with Gasteiger partial charge in [0.1, 0.15) is 16.4 Å². The summed E-state index contributed by atoms with van der Waals surface area (Å²) in [6.07, 6.45) is 5.00. The molecule has 0 saturated carbocycles. The van der Waals surface area contributed by atoms with Crippen LogP contribution in [-0.4, -0.2) is 41.1 Å². The summed E-state index contributed by atoms with van der Waals surface area (Å²) in [5, 5.41) is 5.29. The van der Waals surface area contributed by atoms with Crippen LogP contribution in [-0.2, 0) is 10.1 Å². The zero-order valence-corrected chi connectivity index (χ0v) is 19.7. The Morgan fingerprint density at radius 3 is 2.58 bits per heavy atom. The van der Waals surface area contributed by atoms with Crippen LogP contribution in [0.2, 0.25) is 0 Å². The Bertz CT molecular complexity index is 1630. The molecule has 0 atom stereocenters. The van der Waals surface area contributed by atoms with E-state index in [1.165, 1.54) is 31.4 Å². The number of aromatic amines is 1. The fourth-order valence-corrected chi connectivity index (χ4v) is 4.40. The maximum absolute atomic E-state index is 12.8. The number of hydrogen-bond acceptors (Lipinski definition) is 7. The minimum atomic E-state index is -4.08. The number of fused-ring (bicyclic) bond motifs is 1. The van der Waals surface area contributed by atoms with Gasteiger partial charge in [-0.1, -0.05) is 12.1 Å². The number of carbonyl (C=O) groups is 1. The summed E-state index contributed by atoms with van der Waals surface area (Å²) in [6.45, 7) is 0. The van der Waals surface area contributed by atoms with E-state index < -0.39 is 16.1 Å².